The second kappa shape index (κ2) is 11.0. The van der Waals surface area contributed by atoms with Crippen molar-refractivity contribution in [2.24, 2.45) is 0 Å². The zero-order valence-corrected chi connectivity index (χ0v) is 26.6. The molecular weight excluding hydrogens is 595 g/mol. The first-order valence-electron chi connectivity index (χ1n) is 16.7. The van der Waals surface area contributed by atoms with Crippen molar-refractivity contribution >= 4 is 54.3 Å². The van der Waals surface area contributed by atoms with E-state index in [0.29, 0.717) is 0 Å². The molecule has 0 fully saturated rings. The Morgan fingerprint density at radius 3 is 1.53 bits per heavy atom. The van der Waals surface area contributed by atoms with Crippen LogP contribution in [0.2, 0.25) is 0 Å². The second-order valence-electron chi connectivity index (χ2n) is 12.6. The molecule has 0 N–H and O–H groups in total. The summed E-state index contributed by atoms with van der Waals surface area (Å²) in [7, 11) is 0. The van der Waals surface area contributed by atoms with Crippen molar-refractivity contribution in [2.75, 3.05) is 0 Å². The molecule has 0 saturated carbocycles. The first-order chi connectivity index (χ1) is 24.3. The summed E-state index contributed by atoms with van der Waals surface area (Å²) < 4.78 is 2.25. The van der Waals surface area contributed by atoms with E-state index in [4.69, 9.17) is 9.97 Å². The Kier molecular flexibility index (Phi) is 6.18. The molecule has 228 valence electrons. The minimum absolute atomic E-state index is 0.939. The Hall–Kier alpha value is -6.58. The van der Waals surface area contributed by atoms with Crippen molar-refractivity contribution < 1.29 is 0 Å². The normalized spacial score (nSPS) is 11.7. The van der Waals surface area contributed by atoms with E-state index in [1.54, 1.807) is 0 Å². The van der Waals surface area contributed by atoms with Crippen molar-refractivity contribution in [1.82, 2.24) is 14.5 Å². The van der Waals surface area contributed by atoms with Gasteiger partial charge in [0.2, 0.25) is 0 Å². The first-order valence-corrected chi connectivity index (χ1v) is 16.7. The largest absolute Gasteiger partial charge is 0.292 e. The van der Waals surface area contributed by atoms with Crippen LogP contribution in [-0.2, 0) is 0 Å². The van der Waals surface area contributed by atoms with Gasteiger partial charge in [0, 0.05) is 33.0 Å². The Labute approximate surface area is 283 Å². The molecule has 3 nitrogen and oxygen atoms in total. The summed E-state index contributed by atoms with van der Waals surface area (Å²) in [6.07, 6.45) is 0. The standard InChI is InChI=1S/C46H29N3/c1-2-12-33(13-3-1)46-48-41-20-10-11-21-42(41)49(46)34-28-26-31(27-29-34)30-22-24-32(25-23-30)45-44-38-17-7-5-15-36(38)35-14-4-6-16-37(35)43(44)39-18-8-9-19-40(39)47-45/h1-29H. The molecule has 49 heavy (non-hydrogen) atoms. The monoisotopic (exact) mass is 623 g/mol. The van der Waals surface area contributed by atoms with E-state index in [2.05, 4.69) is 168 Å². The number of pyridine rings is 1. The zero-order chi connectivity index (χ0) is 32.3. The maximum Gasteiger partial charge on any atom is 0.145 e. The first kappa shape index (κ1) is 27.5. The highest BCUT2D eigenvalue weighted by molar-refractivity contribution is 6.33. The van der Waals surface area contributed by atoms with Crippen LogP contribution in [-0.4, -0.2) is 14.5 Å². The zero-order valence-electron chi connectivity index (χ0n) is 26.6. The van der Waals surface area contributed by atoms with Crippen molar-refractivity contribution in [2.45, 2.75) is 0 Å². The highest BCUT2D eigenvalue weighted by atomic mass is 15.1. The van der Waals surface area contributed by atoms with Crippen LogP contribution < -0.4 is 0 Å². The number of fused-ring (bicyclic) bond motifs is 9. The molecule has 2 aromatic heterocycles. The number of imidazole rings is 1. The van der Waals surface area contributed by atoms with E-state index in [1.165, 1.54) is 37.7 Å². The Morgan fingerprint density at radius 2 is 0.837 bits per heavy atom. The van der Waals surface area contributed by atoms with Crippen LogP contribution in [0.15, 0.2) is 176 Å². The number of aromatic nitrogens is 3. The van der Waals surface area contributed by atoms with Gasteiger partial charge in [-0.1, -0.05) is 146 Å². The van der Waals surface area contributed by atoms with Crippen LogP contribution in [0.25, 0.3) is 93.7 Å². The topological polar surface area (TPSA) is 30.7 Å². The van der Waals surface area contributed by atoms with Gasteiger partial charge in [0.05, 0.1) is 22.2 Å². The smallest absolute Gasteiger partial charge is 0.145 e. The van der Waals surface area contributed by atoms with Gasteiger partial charge in [-0.3, -0.25) is 4.57 Å². The Morgan fingerprint density at radius 1 is 0.327 bits per heavy atom. The summed E-state index contributed by atoms with van der Waals surface area (Å²) in [5, 5.41) is 8.65. The average Bonchev–Trinajstić information content (AvgIpc) is 3.58. The third-order valence-electron chi connectivity index (χ3n) is 9.79. The van der Waals surface area contributed by atoms with Crippen LogP contribution in [0.4, 0.5) is 0 Å². The summed E-state index contributed by atoms with van der Waals surface area (Å²) in [5.74, 6) is 0.939. The number of rotatable bonds is 4. The molecule has 2 heterocycles. The van der Waals surface area contributed by atoms with Crippen molar-refractivity contribution in [3.63, 3.8) is 0 Å². The van der Waals surface area contributed by atoms with Gasteiger partial charge in [0.25, 0.3) is 0 Å². The number of para-hydroxylation sites is 3. The molecule has 0 aliphatic heterocycles. The summed E-state index contributed by atoms with van der Waals surface area (Å²) in [6.45, 7) is 0. The van der Waals surface area contributed by atoms with Gasteiger partial charge in [-0.2, -0.15) is 0 Å². The lowest BCUT2D eigenvalue weighted by Gasteiger charge is -2.16. The molecule has 0 unspecified atom stereocenters. The predicted octanol–water partition coefficient (Wildman–Crippen LogP) is 12.0. The molecule has 0 spiro atoms. The van der Waals surface area contributed by atoms with E-state index < -0.39 is 0 Å². The van der Waals surface area contributed by atoms with E-state index in [-0.39, 0.29) is 0 Å². The van der Waals surface area contributed by atoms with E-state index in [9.17, 15) is 0 Å². The minimum Gasteiger partial charge on any atom is -0.292 e. The van der Waals surface area contributed by atoms with Gasteiger partial charge < -0.3 is 0 Å². The van der Waals surface area contributed by atoms with E-state index in [1.807, 2.05) is 12.1 Å². The van der Waals surface area contributed by atoms with Crippen LogP contribution >= 0.6 is 0 Å². The van der Waals surface area contributed by atoms with Gasteiger partial charge in [-0.25, -0.2) is 9.97 Å². The van der Waals surface area contributed by atoms with Gasteiger partial charge >= 0.3 is 0 Å². The van der Waals surface area contributed by atoms with Crippen LogP contribution in [0.5, 0.6) is 0 Å². The SMILES string of the molecule is c1ccc(-c2nc3ccccc3n2-c2ccc(-c3ccc(-c4nc5ccccc5c5c6ccccc6c6ccccc6c45)cc3)cc2)cc1. The van der Waals surface area contributed by atoms with Gasteiger partial charge in [-0.05, 0) is 63.0 Å². The Balaban J connectivity index is 1.10. The highest BCUT2D eigenvalue weighted by Crippen LogP contribution is 2.43. The summed E-state index contributed by atoms with van der Waals surface area (Å²) in [6, 6.07) is 62.5. The van der Waals surface area contributed by atoms with Crippen LogP contribution in [0.1, 0.15) is 0 Å². The molecule has 0 aliphatic carbocycles. The molecule has 10 aromatic rings. The maximum atomic E-state index is 5.32. The summed E-state index contributed by atoms with van der Waals surface area (Å²) >= 11 is 0. The van der Waals surface area contributed by atoms with Crippen molar-refractivity contribution in [1.29, 1.82) is 0 Å². The number of hydrogen-bond acceptors (Lipinski definition) is 2. The van der Waals surface area contributed by atoms with Crippen molar-refractivity contribution in [3.05, 3.63) is 176 Å². The fourth-order valence-electron chi connectivity index (χ4n) is 7.53. The lowest BCUT2D eigenvalue weighted by molar-refractivity contribution is 1.10. The minimum atomic E-state index is 0.939. The van der Waals surface area contributed by atoms with Gasteiger partial charge in [-0.15, -0.1) is 0 Å². The molecule has 0 atom stereocenters. The van der Waals surface area contributed by atoms with E-state index >= 15 is 0 Å². The summed E-state index contributed by atoms with van der Waals surface area (Å²) in [4.78, 5) is 10.3. The fourth-order valence-corrected chi connectivity index (χ4v) is 7.53. The number of nitrogens with zero attached hydrogens (tertiary/aromatic N) is 3. The maximum absolute atomic E-state index is 5.32. The third-order valence-corrected chi connectivity index (χ3v) is 9.79. The average molecular weight is 624 g/mol. The van der Waals surface area contributed by atoms with Gasteiger partial charge in [0.15, 0.2) is 0 Å². The van der Waals surface area contributed by atoms with Gasteiger partial charge in [0.1, 0.15) is 5.82 Å². The predicted molar refractivity (Wildman–Crippen MR) is 205 cm³/mol. The molecular formula is C46H29N3. The lowest BCUT2D eigenvalue weighted by atomic mass is 9.90. The molecule has 8 aromatic carbocycles. The third kappa shape index (κ3) is 4.37. The van der Waals surface area contributed by atoms with Crippen LogP contribution in [0, 0.1) is 0 Å². The molecule has 0 aliphatic rings. The van der Waals surface area contributed by atoms with Crippen LogP contribution in [0.3, 0.4) is 0 Å². The summed E-state index contributed by atoms with van der Waals surface area (Å²) in [5.41, 5.74) is 9.69. The molecule has 3 heteroatoms. The molecule has 10 rings (SSSR count). The van der Waals surface area contributed by atoms with Crippen molar-refractivity contribution in [3.8, 4) is 39.5 Å². The second-order valence-corrected chi connectivity index (χ2v) is 12.6. The quantitative estimate of drug-likeness (QED) is 0.183. The number of benzene rings is 8. The molecule has 0 bridgehead atoms. The highest BCUT2D eigenvalue weighted by Gasteiger charge is 2.18. The lowest BCUT2D eigenvalue weighted by Crippen LogP contribution is -1.97. The number of hydrogen-bond donors (Lipinski definition) is 0. The fraction of sp³-hybridized carbons (Fsp3) is 0. The van der Waals surface area contributed by atoms with E-state index in [0.717, 1.165) is 56.0 Å². The Bertz CT molecular complexity index is 2850. The molecule has 0 radical (unpaired) electrons. The molecule has 0 saturated heterocycles. The molecule has 0 amide bonds.